The standard InChI is InChI=1S/C32H37ClN8O4/c1-21-17-22(15-16-34)26-12-11-25(38-32(44)45-3)19-28(26)40-30(42)8-6-4-5-7-27(21)39-31(43)14-9-23-18-24(33)10-13-29(23)41(35)20-37-36-2/h9-20,27H,1-2,4-8,34-35H2,3H3,(H,38,44)(H,39,43)(H,40,42)/b14-9+,16-15-,22-17+,37-20-/t27-/m0/s1. The third-order valence-electron chi connectivity index (χ3n) is 6.75. The van der Waals surface area contributed by atoms with E-state index in [1.165, 1.54) is 30.7 Å². The number of carbonyl (C=O) groups is 3. The highest BCUT2D eigenvalue weighted by Gasteiger charge is 2.18. The maximum atomic E-state index is 13.2. The quantitative estimate of drug-likeness (QED) is 0.0855. The van der Waals surface area contributed by atoms with Gasteiger partial charge in [-0.15, -0.1) is 5.10 Å². The molecule has 0 radical (unpaired) electrons. The Labute approximate surface area is 267 Å². The SMILES string of the molecule is C=N/N=C\N(N)c1ccc(Cl)cc1/C=C/C(=O)N[C@H]1CCCCCC(=O)Nc2cc(NC(=O)OC)ccc2C(/C=C\N)=C/C1=C. The highest BCUT2D eigenvalue weighted by molar-refractivity contribution is 6.30. The molecular weight excluding hydrogens is 596 g/mol. The van der Waals surface area contributed by atoms with Crippen LogP contribution in [-0.2, 0) is 14.3 Å². The van der Waals surface area contributed by atoms with Gasteiger partial charge in [0.1, 0.15) is 6.34 Å². The van der Waals surface area contributed by atoms with Crippen LogP contribution in [0.1, 0.15) is 43.2 Å². The summed E-state index contributed by atoms with van der Waals surface area (Å²) < 4.78 is 4.69. The Hall–Kier alpha value is -5.20. The number of rotatable bonds is 8. The van der Waals surface area contributed by atoms with Gasteiger partial charge in [-0.05, 0) is 78.7 Å². The second-order valence-corrected chi connectivity index (χ2v) is 10.4. The van der Waals surface area contributed by atoms with Crippen molar-refractivity contribution in [2.24, 2.45) is 21.8 Å². The molecule has 7 N–H and O–H groups in total. The molecule has 236 valence electrons. The zero-order valence-corrected chi connectivity index (χ0v) is 25.7. The summed E-state index contributed by atoms with van der Waals surface area (Å²) in [4.78, 5) is 37.8. The minimum Gasteiger partial charge on any atom is -0.453 e. The van der Waals surface area contributed by atoms with Crippen LogP contribution >= 0.6 is 11.6 Å². The van der Waals surface area contributed by atoms with E-state index in [9.17, 15) is 14.4 Å². The molecule has 12 nitrogen and oxygen atoms in total. The Bertz CT molecular complexity index is 1550. The number of nitrogens with one attached hydrogen (secondary N) is 3. The zero-order chi connectivity index (χ0) is 32.8. The van der Waals surface area contributed by atoms with E-state index in [0.29, 0.717) is 63.6 Å². The topological polar surface area (TPSA) is 177 Å². The molecule has 0 aromatic heterocycles. The molecule has 2 aromatic carbocycles. The molecule has 3 amide bonds. The Morgan fingerprint density at radius 2 is 1.98 bits per heavy atom. The predicted octanol–water partition coefficient (Wildman–Crippen LogP) is 5.36. The molecule has 1 aliphatic heterocycles. The van der Waals surface area contributed by atoms with Crippen molar-refractivity contribution in [2.75, 3.05) is 22.8 Å². The number of benzene rings is 2. The van der Waals surface area contributed by atoms with Crippen LogP contribution in [0.25, 0.3) is 11.6 Å². The average Bonchev–Trinajstić information content (AvgIpc) is 3.02. The van der Waals surface area contributed by atoms with Gasteiger partial charge in [0.25, 0.3) is 0 Å². The number of amides is 3. The lowest BCUT2D eigenvalue weighted by Crippen LogP contribution is -2.34. The summed E-state index contributed by atoms with van der Waals surface area (Å²) >= 11 is 6.20. The number of methoxy groups -OCH3 is 1. The second-order valence-electron chi connectivity index (χ2n) is 9.94. The maximum Gasteiger partial charge on any atom is 0.411 e. The first kappa shape index (κ1) is 34.3. The number of hydrazine groups is 1. The third kappa shape index (κ3) is 10.5. The summed E-state index contributed by atoms with van der Waals surface area (Å²) in [6.45, 7) is 7.56. The Morgan fingerprint density at radius 3 is 2.71 bits per heavy atom. The molecule has 0 saturated heterocycles. The number of nitrogens with two attached hydrogens (primary N) is 2. The minimum atomic E-state index is -0.643. The fourth-order valence-corrected chi connectivity index (χ4v) is 4.75. The van der Waals surface area contributed by atoms with Crippen LogP contribution in [0.2, 0.25) is 5.02 Å². The fraction of sp³-hybridized carbons (Fsp3) is 0.219. The molecule has 0 aliphatic carbocycles. The summed E-state index contributed by atoms with van der Waals surface area (Å²) in [5.41, 5.74) is 9.72. The van der Waals surface area contributed by atoms with Crippen molar-refractivity contribution in [1.29, 1.82) is 0 Å². The van der Waals surface area contributed by atoms with Gasteiger partial charge in [0.2, 0.25) is 11.8 Å². The summed E-state index contributed by atoms with van der Waals surface area (Å²) in [5.74, 6) is 5.53. The number of fused-ring (bicyclic) bond motifs is 1. The van der Waals surface area contributed by atoms with Crippen LogP contribution < -0.4 is 32.5 Å². The molecular formula is C32H37ClN8O4. The van der Waals surface area contributed by atoms with E-state index < -0.39 is 12.1 Å². The zero-order valence-electron chi connectivity index (χ0n) is 25.0. The van der Waals surface area contributed by atoms with Crippen molar-refractivity contribution in [3.63, 3.8) is 0 Å². The van der Waals surface area contributed by atoms with Crippen LogP contribution in [0, 0.1) is 0 Å². The number of hydrogen-bond donors (Lipinski definition) is 5. The third-order valence-corrected chi connectivity index (χ3v) is 6.99. The van der Waals surface area contributed by atoms with Crippen LogP contribution in [-0.4, -0.2) is 44.1 Å². The number of carbonyl (C=O) groups excluding carboxylic acids is 3. The van der Waals surface area contributed by atoms with E-state index in [1.54, 1.807) is 48.6 Å². The van der Waals surface area contributed by atoms with E-state index in [4.69, 9.17) is 23.2 Å². The van der Waals surface area contributed by atoms with Crippen molar-refractivity contribution >= 4 is 71.3 Å². The van der Waals surface area contributed by atoms with Gasteiger partial charge in [-0.25, -0.2) is 10.6 Å². The lowest BCUT2D eigenvalue weighted by molar-refractivity contribution is -0.117. The Kier molecular flexibility index (Phi) is 13.1. The Balaban J connectivity index is 1.93. The molecule has 13 heteroatoms. The average molecular weight is 633 g/mol. The van der Waals surface area contributed by atoms with Gasteiger partial charge >= 0.3 is 6.09 Å². The smallest absolute Gasteiger partial charge is 0.411 e. The second kappa shape index (κ2) is 17.2. The van der Waals surface area contributed by atoms with Crippen LogP contribution in [0.15, 0.2) is 83.2 Å². The summed E-state index contributed by atoms with van der Waals surface area (Å²) in [5, 5.41) is 17.4. The van der Waals surface area contributed by atoms with Crippen molar-refractivity contribution in [2.45, 2.75) is 38.1 Å². The molecule has 2 aromatic rings. The molecule has 0 spiro atoms. The molecule has 0 bridgehead atoms. The van der Waals surface area contributed by atoms with Gasteiger partial charge in [0.05, 0.1) is 24.5 Å². The largest absolute Gasteiger partial charge is 0.453 e. The van der Waals surface area contributed by atoms with E-state index in [2.05, 4.69) is 44.2 Å². The van der Waals surface area contributed by atoms with Crippen LogP contribution in [0.5, 0.6) is 0 Å². The van der Waals surface area contributed by atoms with Gasteiger partial charge in [0, 0.05) is 41.1 Å². The summed E-state index contributed by atoms with van der Waals surface area (Å²) in [6, 6.07) is 9.66. The van der Waals surface area contributed by atoms with Gasteiger partial charge in [-0.3, -0.25) is 19.9 Å². The molecule has 45 heavy (non-hydrogen) atoms. The minimum absolute atomic E-state index is 0.168. The number of anilines is 3. The van der Waals surface area contributed by atoms with Gasteiger partial charge < -0.3 is 21.1 Å². The number of halogens is 1. The number of hydrogen-bond acceptors (Lipinski definition) is 8. The molecule has 0 unspecified atom stereocenters. The normalized spacial score (nSPS) is 17.3. The molecule has 3 rings (SSSR count). The summed E-state index contributed by atoms with van der Waals surface area (Å²) in [6.07, 6.45) is 11.5. The van der Waals surface area contributed by atoms with E-state index in [1.807, 2.05) is 6.08 Å². The molecule has 1 aliphatic rings. The monoisotopic (exact) mass is 632 g/mol. The molecule has 1 atom stereocenters. The molecule has 0 saturated carbocycles. The van der Waals surface area contributed by atoms with Gasteiger partial charge in [-0.2, -0.15) is 5.10 Å². The number of ether oxygens (including phenoxy) is 1. The summed E-state index contributed by atoms with van der Waals surface area (Å²) in [7, 11) is 1.26. The van der Waals surface area contributed by atoms with Crippen LogP contribution in [0.4, 0.5) is 21.9 Å². The number of nitrogens with zero attached hydrogens (tertiary/aromatic N) is 3. The Morgan fingerprint density at radius 1 is 1.18 bits per heavy atom. The van der Waals surface area contributed by atoms with Crippen molar-refractivity contribution in [3.8, 4) is 0 Å². The first-order chi connectivity index (χ1) is 21.6. The predicted molar refractivity (Wildman–Crippen MR) is 182 cm³/mol. The lowest BCUT2D eigenvalue weighted by Gasteiger charge is -2.20. The molecule has 1 heterocycles. The molecule has 0 fully saturated rings. The van der Waals surface area contributed by atoms with E-state index in [-0.39, 0.29) is 11.8 Å². The van der Waals surface area contributed by atoms with Crippen LogP contribution in [0.3, 0.4) is 0 Å². The van der Waals surface area contributed by atoms with Gasteiger partial charge in [0.15, 0.2) is 0 Å². The lowest BCUT2D eigenvalue weighted by atomic mass is 9.95. The maximum absolute atomic E-state index is 13.2. The fourth-order valence-electron chi connectivity index (χ4n) is 4.57. The van der Waals surface area contributed by atoms with Crippen molar-refractivity contribution in [3.05, 3.63) is 89.1 Å². The highest BCUT2D eigenvalue weighted by atomic mass is 35.5. The van der Waals surface area contributed by atoms with Crippen molar-refractivity contribution in [1.82, 2.24) is 5.32 Å². The van der Waals surface area contributed by atoms with Gasteiger partial charge in [-0.1, -0.05) is 37.1 Å². The van der Waals surface area contributed by atoms with E-state index in [0.717, 1.165) is 12.8 Å². The van der Waals surface area contributed by atoms with Crippen molar-refractivity contribution < 1.29 is 19.1 Å². The highest BCUT2D eigenvalue weighted by Crippen LogP contribution is 2.31. The van der Waals surface area contributed by atoms with E-state index >= 15 is 0 Å². The first-order valence-corrected chi connectivity index (χ1v) is 14.4. The number of allylic oxidation sites excluding steroid dienone is 2. The first-order valence-electron chi connectivity index (χ1n) is 14.0.